The molecule has 30 heavy (non-hydrogen) atoms. The van der Waals surface area contributed by atoms with Crippen molar-refractivity contribution in [3.63, 3.8) is 0 Å². The molecule has 3 N–H and O–H groups in total. The molecule has 0 saturated carbocycles. The maximum Gasteiger partial charge on any atom is 0.143 e. The van der Waals surface area contributed by atoms with Gasteiger partial charge in [0, 0.05) is 37.9 Å². The first-order valence-corrected chi connectivity index (χ1v) is 10.0. The van der Waals surface area contributed by atoms with E-state index in [1.165, 1.54) is 18.5 Å². The van der Waals surface area contributed by atoms with Gasteiger partial charge in [0.1, 0.15) is 29.4 Å². The highest BCUT2D eigenvalue weighted by Crippen LogP contribution is 2.32. The minimum atomic E-state index is -0.261. The molecule has 0 unspecified atom stereocenters. The highest BCUT2D eigenvalue weighted by Gasteiger charge is 2.14. The number of pyridine rings is 1. The first kappa shape index (κ1) is 18.5. The molecule has 1 aliphatic heterocycles. The summed E-state index contributed by atoms with van der Waals surface area (Å²) in [6.07, 6.45) is 3.40. The maximum atomic E-state index is 13.3. The van der Waals surface area contributed by atoms with Crippen molar-refractivity contribution in [3.8, 4) is 11.1 Å². The van der Waals surface area contributed by atoms with Gasteiger partial charge in [0.05, 0.1) is 17.6 Å². The number of hydrogen-bond donors (Lipinski definition) is 3. The molecule has 1 saturated heterocycles. The summed E-state index contributed by atoms with van der Waals surface area (Å²) in [5, 5.41) is 7.64. The molecule has 4 aromatic rings. The van der Waals surface area contributed by atoms with E-state index in [1.54, 1.807) is 12.1 Å². The van der Waals surface area contributed by atoms with Gasteiger partial charge in [0.25, 0.3) is 0 Å². The Morgan fingerprint density at radius 3 is 2.70 bits per heavy atom. The molecule has 0 bridgehead atoms. The standard InChI is InChI=1S/C22H22FN7/c23-16-6-4-15(5-7-16)18-13-26-22-20(18)21(27-14-28-22)25-12-17-2-1-3-19(29-17)30-10-8-24-9-11-30/h1-7,13-14,24H,8-12H2,(H2,25,26,27,28). The number of fused-ring (bicyclic) bond motifs is 1. The van der Waals surface area contributed by atoms with Crippen molar-refractivity contribution in [2.24, 2.45) is 0 Å². The number of anilines is 2. The summed E-state index contributed by atoms with van der Waals surface area (Å²) < 4.78 is 13.3. The van der Waals surface area contributed by atoms with E-state index in [0.29, 0.717) is 6.54 Å². The van der Waals surface area contributed by atoms with Crippen LogP contribution in [0.2, 0.25) is 0 Å². The number of hydrogen-bond acceptors (Lipinski definition) is 6. The summed E-state index contributed by atoms with van der Waals surface area (Å²) in [5.41, 5.74) is 3.50. The number of nitrogens with one attached hydrogen (secondary N) is 3. The van der Waals surface area contributed by atoms with Crippen LogP contribution in [0.4, 0.5) is 16.0 Å². The Labute approximate surface area is 173 Å². The normalized spacial score (nSPS) is 14.2. The Hall–Kier alpha value is -3.52. The Balaban J connectivity index is 1.41. The second kappa shape index (κ2) is 8.08. The van der Waals surface area contributed by atoms with Crippen molar-refractivity contribution in [2.75, 3.05) is 36.4 Å². The molecule has 152 valence electrons. The summed E-state index contributed by atoms with van der Waals surface area (Å²) >= 11 is 0. The van der Waals surface area contributed by atoms with Crippen LogP contribution in [0.15, 0.2) is 55.0 Å². The third kappa shape index (κ3) is 3.69. The van der Waals surface area contributed by atoms with Crippen molar-refractivity contribution >= 4 is 22.7 Å². The summed E-state index contributed by atoms with van der Waals surface area (Å²) in [5.74, 6) is 1.45. The fourth-order valence-corrected chi connectivity index (χ4v) is 3.76. The van der Waals surface area contributed by atoms with Crippen LogP contribution in [-0.4, -0.2) is 46.1 Å². The Bertz CT molecular complexity index is 1150. The monoisotopic (exact) mass is 403 g/mol. The SMILES string of the molecule is Fc1ccc(-c2c[nH]c3ncnc(NCc4cccc(N5CCNCC5)n4)c23)cc1. The lowest BCUT2D eigenvalue weighted by atomic mass is 10.1. The van der Waals surface area contributed by atoms with Crippen LogP contribution >= 0.6 is 0 Å². The van der Waals surface area contributed by atoms with Crippen molar-refractivity contribution < 1.29 is 4.39 Å². The van der Waals surface area contributed by atoms with E-state index in [9.17, 15) is 4.39 Å². The van der Waals surface area contributed by atoms with Crippen LogP contribution in [0.5, 0.6) is 0 Å². The second-order valence-electron chi connectivity index (χ2n) is 7.23. The Morgan fingerprint density at radius 1 is 1.03 bits per heavy atom. The molecule has 0 radical (unpaired) electrons. The van der Waals surface area contributed by atoms with E-state index in [1.807, 2.05) is 18.3 Å². The molecular weight excluding hydrogens is 381 g/mol. The van der Waals surface area contributed by atoms with Gasteiger partial charge in [-0.05, 0) is 29.8 Å². The molecular formula is C22H22FN7. The van der Waals surface area contributed by atoms with E-state index >= 15 is 0 Å². The van der Waals surface area contributed by atoms with Crippen LogP contribution < -0.4 is 15.5 Å². The lowest BCUT2D eigenvalue weighted by molar-refractivity contribution is 0.584. The molecule has 0 amide bonds. The van der Waals surface area contributed by atoms with Gasteiger partial charge in [0.15, 0.2) is 0 Å². The molecule has 0 atom stereocenters. The summed E-state index contributed by atoms with van der Waals surface area (Å²) in [7, 11) is 0. The van der Waals surface area contributed by atoms with Gasteiger partial charge in [-0.15, -0.1) is 0 Å². The van der Waals surface area contributed by atoms with Gasteiger partial charge in [-0.2, -0.15) is 0 Å². The molecule has 0 aliphatic carbocycles. The summed E-state index contributed by atoms with van der Waals surface area (Å²) in [6, 6.07) is 12.5. The second-order valence-corrected chi connectivity index (χ2v) is 7.23. The largest absolute Gasteiger partial charge is 0.364 e. The van der Waals surface area contributed by atoms with Gasteiger partial charge in [0.2, 0.25) is 0 Å². The zero-order valence-corrected chi connectivity index (χ0v) is 16.4. The first-order chi connectivity index (χ1) is 14.8. The fourth-order valence-electron chi connectivity index (χ4n) is 3.76. The minimum Gasteiger partial charge on any atom is -0.364 e. The molecule has 8 heteroatoms. The average molecular weight is 403 g/mol. The Kier molecular flexibility index (Phi) is 4.98. The number of aromatic nitrogens is 4. The molecule has 5 rings (SSSR count). The topological polar surface area (TPSA) is 81.8 Å². The lowest BCUT2D eigenvalue weighted by Gasteiger charge is -2.28. The zero-order chi connectivity index (χ0) is 20.3. The highest BCUT2D eigenvalue weighted by atomic mass is 19.1. The molecule has 3 aromatic heterocycles. The van der Waals surface area contributed by atoms with Gasteiger partial charge < -0.3 is 20.5 Å². The van der Waals surface area contributed by atoms with Gasteiger partial charge in [-0.25, -0.2) is 19.3 Å². The van der Waals surface area contributed by atoms with Crippen molar-refractivity contribution in [1.82, 2.24) is 25.3 Å². The number of benzene rings is 1. The molecule has 1 aromatic carbocycles. The summed E-state index contributed by atoms with van der Waals surface area (Å²) in [6.45, 7) is 4.41. The van der Waals surface area contributed by atoms with E-state index in [-0.39, 0.29) is 5.82 Å². The van der Waals surface area contributed by atoms with Crippen molar-refractivity contribution in [2.45, 2.75) is 6.54 Å². The number of nitrogens with zero attached hydrogens (tertiary/aromatic N) is 4. The van der Waals surface area contributed by atoms with Crippen LogP contribution in [0.25, 0.3) is 22.2 Å². The van der Waals surface area contributed by atoms with E-state index in [0.717, 1.165) is 65.7 Å². The molecule has 0 spiro atoms. The van der Waals surface area contributed by atoms with Crippen LogP contribution in [0.3, 0.4) is 0 Å². The third-order valence-corrected chi connectivity index (χ3v) is 5.30. The Morgan fingerprint density at radius 2 is 1.87 bits per heavy atom. The minimum absolute atomic E-state index is 0.261. The van der Waals surface area contributed by atoms with Gasteiger partial charge in [-0.1, -0.05) is 18.2 Å². The number of aromatic amines is 1. The third-order valence-electron chi connectivity index (χ3n) is 5.30. The van der Waals surface area contributed by atoms with E-state index < -0.39 is 0 Å². The van der Waals surface area contributed by atoms with E-state index in [4.69, 9.17) is 4.98 Å². The van der Waals surface area contributed by atoms with Gasteiger partial charge in [-0.3, -0.25) is 0 Å². The number of H-pyrrole nitrogens is 1. The highest BCUT2D eigenvalue weighted by molar-refractivity contribution is 6.00. The predicted molar refractivity (Wildman–Crippen MR) is 116 cm³/mol. The molecule has 1 aliphatic rings. The first-order valence-electron chi connectivity index (χ1n) is 10.0. The predicted octanol–water partition coefficient (Wildman–Crippen LogP) is 3.18. The number of rotatable bonds is 5. The molecule has 4 heterocycles. The molecule has 1 fully saturated rings. The average Bonchev–Trinajstić information content (AvgIpc) is 3.24. The van der Waals surface area contributed by atoms with Crippen LogP contribution in [0, 0.1) is 5.82 Å². The van der Waals surface area contributed by atoms with Crippen molar-refractivity contribution in [1.29, 1.82) is 0 Å². The number of piperazine rings is 1. The van der Waals surface area contributed by atoms with Crippen molar-refractivity contribution in [3.05, 3.63) is 66.5 Å². The maximum absolute atomic E-state index is 13.3. The lowest BCUT2D eigenvalue weighted by Crippen LogP contribution is -2.43. The molecule has 7 nitrogen and oxygen atoms in total. The zero-order valence-electron chi connectivity index (χ0n) is 16.4. The van der Waals surface area contributed by atoms with Gasteiger partial charge >= 0.3 is 0 Å². The van der Waals surface area contributed by atoms with E-state index in [2.05, 4.69) is 36.6 Å². The number of halogens is 1. The van der Waals surface area contributed by atoms with Crippen LogP contribution in [-0.2, 0) is 6.54 Å². The van der Waals surface area contributed by atoms with Crippen LogP contribution in [0.1, 0.15) is 5.69 Å². The smallest absolute Gasteiger partial charge is 0.143 e. The summed E-state index contributed by atoms with van der Waals surface area (Å²) in [4.78, 5) is 19.1. The quantitative estimate of drug-likeness (QED) is 0.475. The fraction of sp³-hybridized carbons (Fsp3) is 0.227.